The fourth-order valence-electron chi connectivity index (χ4n) is 7.09. The third-order valence-corrected chi connectivity index (χ3v) is 9.29. The molecule has 2 saturated heterocycles. The smallest absolute Gasteiger partial charge is 0.410 e. The van der Waals surface area contributed by atoms with Gasteiger partial charge >= 0.3 is 30.0 Å². The van der Waals surface area contributed by atoms with Crippen molar-refractivity contribution in [1.29, 1.82) is 0 Å². The summed E-state index contributed by atoms with van der Waals surface area (Å²) in [7, 11) is 0. The van der Waals surface area contributed by atoms with Crippen LogP contribution in [0.4, 0.5) is 4.79 Å². The predicted octanol–water partition coefficient (Wildman–Crippen LogP) is 4.68. The lowest BCUT2D eigenvalue weighted by Gasteiger charge is -2.43. The third-order valence-electron chi connectivity index (χ3n) is 9.29. The molecule has 0 radical (unpaired) electrons. The highest BCUT2D eigenvalue weighted by atomic mass is 16.7. The van der Waals surface area contributed by atoms with Gasteiger partial charge in [0.15, 0.2) is 24.6 Å². The SMILES string of the molecule is CC(=O)O[C@@H]1[C@@H](OC(C)=O)[C@H](C)O[C@@H](O[C@H]2C[C@H](C(=O)OCc3ccccc3)N(C(=O)OCC3c4ccccc4-c4ccccc43)C2)[C@@H]1OC(C)=O. The molecule has 0 saturated carbocycles. The van der Waals surface area contributed by atoms with E-state index in [0.717, 1.165) is 34.7 Å². The van der Waals surface area contributed by atoms with Gasteiger partial charge in [-0.15, -0.1) is 0 Å². The molecular weight excluding hydrogens is 674 g/mol. The number of rotatable bonds is 10. The lowest BCUT2D eigenvalue weighted by atomic mass is 9.98. The number of hydrogen-bond acceptors (Lipinski definition) is 12. The molecule has 0 N–H and O–H groups in total. The van der Waals surface area contributed by atoms with Crippen LogP contribution in [0.3, 0.4) is 0 Å². The summed E-state index contributed by atoms with van der Waals surface area (Å²) in [6.07, 6.45) is -7.53. The first-order chi connectivity index (χ1) is 25.0. The van der Waals surface area contributed by atoms with Gasteiger partial charge in [0.05, 0.1) is 18.8 Å². The summed E-state index contributed by atoms with van der Waals surface area (Å²) < 4.78 is 40.4. The van der Waals surface area contributed by atoms with Crippen LogP contribution in [0.1, 0.15) is 56.7 Å². The van der Waals surface area contributed by atoms with Gasteiger partial charge in [-0.2, -0.15) is 0 Å². The second-order valence-electron chi connectivity index (χ2n) is 13.0. The Hall–Kier alpha value is -5.27. The number of likely N-dealkylation sites (tertiary alicyclic amines) is 1. The van der Waals surface area contributed by atoms with E-state index < -0.39 is 72.8 Å². The van der Waals surface area contributed by atoms with Crippen molar-refractivity contribution in [3.8, 4) is 11.1 Å². The summed E-state index contributed by atoms with van der Waals surface area (Å²) in [5.74, 6) is -2.98. The standard InChI is InChI=1S/C39H41NO12/c1-22-34(49-23(2)41)35(50-24(3)42)36(51-25(4)43)38(48-22)52-27-18-33(37(44)46-20-26-12-6-5-7-13-26)40(19-27)39(45)47-21-32-30-16-10-8-14-28(30)29-15-9-11-17-31(29)32/h5-17,22,27,32-36,38H,18-21H2,1-4H3/t22-,27-,33+,34-,35+,36+,38-/m0/s1. The van der Waals surface area contributed by atoms with E-state index >= 15 is 0 Å². The highest BCUT2D eigenvalue weighted by Gasteiger charge is 2.53. The largest absolute Gasteiger partial charge is 0.459 e. The molecule has 3 aromatic carbocycles. The highest BCUT2D eigenvalue weighted by molar-refractivity contribution is 5.83. The van der Waals surface area contributed by atoms with Crippen molar-refractivity contribution >= 4 is 30.0 Å². The summed E-state index contributed by atoms with van der Waals surface area (Å²) in [4.78, 5) is 65.0. The first-order valence-electron chi connectivity index (χ1n) is 17.1. The van der Waals surface area contributed by atoms with Gasteiger partial charge in [-0.25, -0.2) is 9.59 Å². The first-order valence-corrected chi connectivity index (χ1v) is 17.1. The first kappa shape index (κ1) is 36.5. The van der Waals surface area contributed by atoms with Crippen molar-refractivity contribution in [2.45, 2.75) is 89.5 Å². The number of hydrogen-bond donors (Lipinski definition) is 0. The highest BCUT2D eigenvalue weighted by Crippen LogP contribution is 2.44. The Morgan fingerprint density at radius 1 is 0.712 bits per heavy atom. The maximum absolute atomic E-state index is 13.9. The summed E-state index contributed by atoms with van der Waals surface area (Å²) >= 11 is 0. The van der Waals surface area contributed by atoms with Crippen LogP contribution in [-0.2, 0) is 58.9 Å². The molecule has 1 amide bonds. The summed E-state index contributed by atoms with van der Waals surface area (Å²) in [5, 5.41) is 0. The van der Waals surface area contributed by atoms with Gasteiger partial charge in [-0.1, -0.05) is 78.9 Å². The monoisotopic (exact) mass is 715 g/mol. The molecule has 0 bridgehead atoms. The lowest BCUT2D eigenvalue weighted by Crippen LogP contribution is -2.61. The maximum Gasteiger partial charge on any atom is 0.410 e. The van der Waals surface area contributed by atoms with Gasteiger partial charge < -0.3 is 33.2 Å². The Bertz CT molecular complexity index is 1750. The molecule has 0 spiro atoms. The topological polar surface area (TPSA) is 153 Å². The average molecular weight is 716 g/mol. The second-order valence-corrected chi connectivity index (χ2v) is 13.0. The minimum atomic E-state index is -1.35. The minimum Gasteiger partial charge on any atom is -0.459 e. The van der Waals surface area contributed by atoms with Crippen LogP contribution >= 0.6 is 0 Å². The van der Waals surface area contributed by atoms with Gasteiger partial charge in [0.25, 0.3) is 0 Å². The number of esters is 4. The van der Waals surface area contributed by atoms with Crippen LogP contribution in [-0.4, -0.2) is 90.9 Å². The van der Waals surface area contributed by atoms with E-state index in [1.54, 1.807) is 6.92 Å². The number of carbonyl (C=O) groups is 5. The number of fused-ring (bicyclic) bond motifs is 3. The lowest BCUT2D eigenvalue weighted by molar-refractivity contribution is -0.309. The number of amides is 1. The van der Waals surface area contributed by atoms with E-state index in [2.05, 4.69) is 0 Å². The average Bonchev–Trinajstić information content (AvgIpc) is 3.69. The Morgan fingerprint density at radius 2 is 1.27 bits per heavy atom. The number of carbonyl (C=O) groups excluding carboxylic acids is 5. The summed E-state index contributed by atoms with van der Waals surface area (Å²) in [5.41, 5.74) is 4.98. The van der Waals surface area contributed by atoms with Crippen molar-refractivity contribution in [2.75, 3.05) is 13.2 Å². The van der Waals surface area contributed by atoms with E-state index in [0.29, 0.717) is 0 Å². The fraction of sp³-hybridized carbons (Fsp3) is 0.410. The second kappa shape index (κ2) is 16.0. The molecule has 2 aliphatic heterocycles. The fourth-order valence-corrected chi connectivity index (χ4v) is 7.09. The summed E-state index contributed by atoms with van der Waals surface area (Å²) in [6.45, 7) is 5.02. The quantitative estimate of drug-likeness (QED) is 0.212. The molecule has 13 heteroatoms. The van der Waals surface area contributed by atoms with Crippen molar-refractivity contribution in [3.05, 3.63) is 95.6 Å². The molecule has 1 aliphatic carbocycles. The zero-order valence-electron chi connectivity index (χ0n) is 29.3. The van der Waals surface area contributed by atoms with Crippen LogP contribution in [0.2, 0.25) is 0 Å². The Morgan fingerprint density at radius 3 is 1.88 bits per heavy atom. The van der Waals surface area contributed by atoms with Gasteiger partial charge in [-0.3, -0.25) is 19.3 Å². The van der Waals surface area contributed by atoms with E-state index in [1.165, 1.54) is 18.7 Å². The molecule has 52 heavy (non-hydrogen) atoms. The predicted molar refractivity (Wildman–Crippen MR) is 182 cm³/mol. The summed E-state index contributed by atoms with van der Waals surface area (Å²) in [6, 6.07) is 24.0. The molecule has 0 aromatic heterocycles. The molecule has 274 valence electrons. The van der Waals surface area contributed by atoms with E-state index in [4.69, 9.17) is 33.2 Å². The van der Waals surface area contributed by atoms with E-state index in [9.17, 15) is 24.0 Å². The van der Waals surface area contributed by atoms with Gasteiger partial charge in [0.2, 0.25) is 0 Å². The molecule has 7 atom stereocenters. The van der Waals surface area contributed by atoms with Gasteiger partial charge in [0.1, 0.15) is 19.3 Å². The van der Waals surface area contributed by atoms with Crippen molar-refractivity contribution in [2.24, 2.45) is 0 Å². The number of benzene rings is 3. The van der Waals surface area contributed by atoms with E-state index in [1.807, 2.05) is 78.9 Å². The molecule has 2 fully saturated rings. The molecule has 6 rings (SSSR count). The van der Waals surface area contributed by atoms with Crippen molar-refractivity contribution < 1.29 is 57.1 Å². The molecule has 2 heterocycles. The Balaban J connectivity index is 1.22. The van der Waals surface area contributed by atoms with Gasteiger partial charge in [0, 0.05) is 33.1 Å². The minimum absolute atomic E-state index is 0.00947. The number of nitrogens with zero attached hydrogens (tertiary/aromatic N) is 1. The van der Waals surface area contributed by atoms with E-state index in [-0.39, 0.29) is 32.1 Å². The molecule has 3 aliphatic rings. The zero-order valence-corrected chi connectivity index (χ0v) is 29.3. The molecular formula is C39H41NO12. The number of ether oxygens (including phenoxy) is 7. The van der Waals surface area contributed by atoms with Gasteiger partial charge in [-0.05, 0) is 34.7 Å². The maximum atomic E-state index is 13.9. The third kappa shape index (κ3) is 8.11. The van der Waals surface area contributed by atoms with Crippen LogP contribution in [0.15, 0.2) is 78.9 Å². The van der Waals surface area contributed by atoms with Crippen molar-refractivity contribution in [1.82, 2.24) is 4.90 Å². The molecule has 0 unspecified atom stereocenters. The Labute approximate surface area is 301 Å². The van der Waals surface area contributed by atoms with Crippen LogP contribution < -0.4 is 0 Å². The Kier molecular flexibility index (Phi) is 11.2. The zero-order chi connectivity index (χ0) is 36.9. The molecule has 13 nitrogen and oxygen atoms in total. The molecule has 3 aromatic rings. The van der Waals surface area contributed by atoms with Crippen LogP contribution in [0.5, 0.6) is 0 Å². The van der Waals surface area contributed by atoms with Crippen LogP contribution in [0, 0.1) is 0 Å². The van der Waals surface area contributed by atoms with Crippen molar-refractivity contribution in [3.63, 3.8) is 0 Å². The normalized spacial score (nSPS) is 25.0. The van der Waals surface area contributed by atoms with Crippen LogP contribution in [0.25, 0.3) is 11.1 Å².